The average molecular weight is 560 g/mol. The summed E-state index contributed by atoms with van der Waals surface area (Å²) in [5, 5.41) is 2.26. The lowest BCUT2D eigenvalue weighted by atomic mass is 10.1. The van der Waals surface area contributed by atoms with Crippen molar-refractivity contribution >= 4 is 65.8 Å². The Labute approximate surface area is 202 Å². The number of hydrogen-bond acceptors (Lipinski definition) is 4. The Morgan fingerprint density at radius 3 is 2.71 bits per heavy atom. The summed E-state index contributed by atoms with van der Waals surface area (Å²) in [6.07, 6.45) is 5.28. The van der Waals surface area contributed by atoms with Crippen molar-refractivity contribution < 1.29 is 13.9 Å². The number of rotatable bonds is 8. The van der Waals surface area contributed by atoms with Gasteiger partial charge in [0.2, 0.25) is 0 Å². The van der Waals surface area contributed by atoms with E-state index in [0.29, 0.717) is 18.1 Å². The maximum absolute atomic E-state index is 12.5. The first-order valence-electron chi connectivity index (χ1n) is 9.93. The van der Waals surface area contributed by atoms with Gasteiger partial charge in [-0.15, -0.1) is 11.3 Å². The number of hydrogen-bond donors (Lipinski definition) is 0. The third-order valence-corrected chi connectivity index (χ3v) is 7.39. The highest BCUT2D eigenvalue weighted by Crippen LogP contribution is 2.29. The molecule has 0 spiro atoms. The van der Waals surface area contributed by atoms with Gasteiger partial charge in [0.15, 0.2) is 5.78 Å². The maximum atomic E-state index is 12.5. The second-order valence-electron chi connectivity index (χ2n) is 7.08. The van der Waals surface area contributed by atoms with Gasteiger partial charge in [0.25, 0.3) is 0 Å². The van der Waals surface area contributed by atoms with Crippen molar-refractivity contribution in [2.24, 2.45) is 0 Å². The molecule has 0 saturated carbocycles. The van der Waals surface area contributed by atoms with Crippen molar-refractivity contribution in [2.45, 2.75) is 26.4 Å². The highest BCUT2D eigenvalue weighted by atomic mass is 79.9. The van der Waals surface area contributed by atoms with Crippen LogP contribution in [-0.2, 0) is 13.0 Å². The molecule has 2 aromatic heterocycles. The summed E-state index contributed by atoms with van der Waals surface area (Å²) < 4.78 is 13.7. The summed E-state index contributed by atoms with van der Waals surface area (Å²) in [5.41, 5.74) is 0. The van der Waals surface area contributed by atoms with Crippen molar-refractivity contribution in [3.63, 3.8) is 0 Å². The van der Waals surface area contributed by atoms with Crippen LogP contribution in [0.15, 0.2) is 74.0 Å². The third kappa shape index (κ3) is 5.56. The van der Waals surface area contributed by atoms with Gasteiger partial charge >= 0.3 is 0 Å². The van der Waals surface area contributed by atoms with Gasteiger partial charge in [-0.1, -0.05) is 41.4 Å². The summed E-state index contributed by atoms with van der Waals surface area (Å²) in [6.45, 7) is 2.45. The number of benzene rings is 2. The molecule has 4 aromatic rings. The smallest absolute Gasteiger partial charge is 0.195 e. The molecule has 0 amide bonds. The van der Waals surface area contributed by atoms with Crippen LogP contribution in [0.3, 0.4) is 0 Å². The topological polar surface area (TPSA) is 39.4 Å². The lowest BCUT2D eigenvalue weighted by Gasteiger charge is -2.06. The molecule has 2 aromatic carbocycles. The number of furan rings is 1. The van der Waals surface area contributed by atoms with Gasteiger partial charge in [0, 0.05) is 13.8 Å². The van der Waals surface area contributed by atoms with E-state index in [-0.39, 0.29) is 5.78 Å². The number of halogens is 2. The number of carbonyl (C=O) groups excluding carboxylic acids is 1. The van der Waals surface area contributed by atoms with Crippen LogP contribution in [0.4, 0.5) is 0 Å². The number of aryl methyl sites for hydroxylation is 1. The molecule has 31 heavy (non-hydrogen) atoms. The van der Waals surface area contributed by atoms with E-state index < -0.39 is 0 Å². The monoisotopic (exact) mass is 558 g/mol. The predicted molar refractivity (Wildman–Crippen MR) is 134 cm³/mol. The minimum absolute atomic E-state index is 0.0231. The van der Waals surface area contributed by atoms with E-state index in [4.69, 9.17) is 9.15 Å². The largest absolute Gasteiger partial charge is 0.486 e. The van der Waals surface area contributed by atoms with Crippen LogP contribution in [0.1, 0.15) is 39.4 Å². The lowest BCUT2D eigenvalue weighted by molar-refractivity contribution is 0.105. The molecule has 3 nitrogen and oxygen atoms in total. The summed E-state index contributed by atoms with van der Waals surface area (Å²) in [5.74, 6) is 2.08. The van der Waals surface area contributed by atoms with Crippen LogP contribution in [0, 0.1) is 0 Å². The van der Waals surface area contributed by atoms with Crippen LogP contribution < -0.4 is 4.74 Å². The Balaban J connectivity index is 1.37. The summed E-state index contributed by atoms with van der Waals surface area (Å²) in [6, 6.07) is 17.7. The lowest BCUT2D eigenvalue weighted by Crippen LogP contribution is -1.93. The molecule has 0 N–H and O–H groups in total. The van der Waals surface area contributed by atoms with E-state index in [0.717, 1.165) is 43.2 Å². The fourth-order valence-electron chi connectivity index (χ4n) is 3.17. The molecule has 0 aliphatic heterocycles. The molecule has 0 unspecified atom stereocenters. The van der Waals surface area contributed by atoms with Crippen LogP contribution in [0.25, 0.3) is 16.8 Å². The zero-order chi connectivity index (χ0) is 21.8. The molecule has 0 bridgehead atoms. The van der Waals surface area contributed by atoms with Gasteiger partial charge in [0.1, 0.15) is 23.9 Å². The molecule has 2 heterocycles. The minimum Gasteiger partial charge on any atom is -0.486 e. The highest BCUT2D eigenvalue weighted by molar-refractivity contribution is 9.10. The SMILES string of the molecule is CCCc1sc(C(=O)/C=C/c2ccc(COc3ccc4cc(Br)ccc4c3)o2)cc1Br. The second kappa shape index (κ2) is 9.98. The Morgan fingerprint density at radius 2 is 1.87 bits per heavy atom. The summed E-state index contributed by atoms with van der Waals surface area (Å²) in [4.78, 5) is 14.4. The van der Waals surface area contributed by atoms with Gasteiger partial charge in [-0.2, -0.15) is 0 Å². The molecule has 0 aliphatic carbocycles. The number of allylic oxidation sites excluding steroid dienone is 1. The van der Waals surface area contributed by atoms with E-state index in [2.05, 4.69) is 50.9 Å². The van der Waals surface area contributed by atoms with E-state index in [9.17, 15) is 4.79 Å². The Bertz CT molecular complexity index is 1250. The van der Waals surface area contributed by atoms with Gasteiger partial charge in [-0.05, 0) is 87.7 Å². The summed E-state index contributed by atoms with van der Waals surface area (Å²) in [7, 11) is 0. The highest BCUT2D eigenvalue weighted by Gasteiger charge is 2.11. The Morgan fingerprint density at radius 1 is 1.06 bits per heavy atom. The molecule has 0 saturated heterocycles. The standard InChI is InChI=1S/C25H20Br2O3S/c1-2-3-24-22(27)14-25(31-24)23(28)11-10-19-8-9-21(30-19)15-29-20-7-5-16-12-18(26)6-4-17(16)13-20/h4-14H,2-3,15H2,1H3/b11-10+. The fourth-order valence-corrected chi connectivity index (χ4v) is 5.44. The van der Waals surface area contributed by atoms with Crippen molar-refractivity contribution in [2.75, 3.05) is 0 Å². The van der Waals surface area contributed by atoms with Crippen molar-refractivity contribution in [1.29, 1.82) is 0 Å². The zero-order valence-electron chi connectivity index (χ0n) is 16.9. The van der Waals surface area contributed by atoms with Gasteiger partial charge in [-0.3, -0.25) is 4.79 Å². The molecule has 0 fully saturated rings. The minimum atomic E-state index is -0.0231. The third-order valence-electron chi connectivity index (χ3n) is 4.71. The fraction of sp³-hybridized carbons (Fsp3) is 0.160. The normalized spacial score (nSPS) is 11.5. The number of thiophene rings is 1. The average Bonchev–Trinajstić information content (AvgIpc) is 3.37. The van der Waals surface area contributed by atoms with Crippen molar-refractivity contribution in [1.82, 2.24) is 0 Å². The summed E-state index contributed by atoms with van der Waals surface area (Å²) >= 11 is 8.56. The van der Waals surface area contributed by atoms with Crippen LogP contribution in [0.2, 0.25) is 0 Å². The molecule has 0 radical (unpaired) electrons. The number of ketones is 1. The molecule has 158 valence electrons. The second-order valence-corrected chi connectivity index (χ2v) is 9.98. The molecule has 0 aliphatic rings. The van der Waals surface area contributed by atoms with Crippen molar-refractivity contribution in [3.8, 4) is 5.75 Å². The molecular formula is C25H20Br2O3S. The van der Waals surface area contributed by atoms with Crippen molar-refractivity contribution in [3.05, 3.63) is 90.9 Å². The van der Waals surface area contributed by atoms with Gasteiger partial charge in [-0.25, -0.2) is 0 Å². The number of carbonyl (C=O) groups is 1. The van der Waals surface area contributed by atoms with Gasteiger partial charge < -0.3 is 9.15 Å². The Kier molecular flexibility index (Phi) is 7.10. The first kappa shape index (κ1) is 22.1. The predicted octanol–water partition coefficient (Wildman–Crippen LogP) is 8.45. The zero-order valence-corrected chi connectivity index (χ0v) is 20.8. The maximum Gasteiger partial charge on any atom is 0.195 e. The van der Waals surface area contributed by atoms with Crippen LogP contribution in [-0.4, -0.2) is 5.78 Å². The van der Waals surface area contributed by atoms with Gasteiger partial charge in [0.05, 0.1) is 4.88 Å². The molecule has 0 atom stereocenters. The first-order valence-corrected chi connectivity index (χ1v) is 12.3. The van der Waals surface area contributed by atoms with E-state index in [1.165, 1.54) is 16.2 Å². The number of ether oxygens (including phenoxy) is 1. The van der Waals surface area contributed by atoms with E-state index >= 15 is 0 Å². The van der Waals surface area contributed by atoms with E-state index in [1.54, 1.807) is 12.2 Å². The quantitative estimate of drug-likeness (QED) is 0.160. The Hall–Kier alpha value is -2.15. The molecule has 6 heteroatoms. The van der Waals surface area contributed by atoms with Crippen LogP contribution >= 0.6 is 43.2 Å². The molecule has 4 rings (SSSR count). The number of fused-ring (bicyclic) bond motifs is 1. The van der Waals surface area contributed by atoms with E-state index in [1.807, 2.05) is 42.5 Å². The first-order chi connectivity index (χ1) is 15.0. The molecular weight excluding hydrogens is 540 g/mol. The van der Waals surface area contributed by atoms with Crippen LogP contribution in [0.5, 0.6) is 5.75 Å².